The molecular weight excluding hydrogens is 278 g/mol. The molecule has 1 saturated carbocycles. The van der Waals surface area contributed by atoms with Crippen LogP contribution >= 0.6 is 0 Å². The van der Waals surface area contributed by atoms with Gasteiger partial charge in [0.1, 0.15) is 0 Å². The van der Waals surface area contributed by atoms with E-state index >= 15 is 0 Å². The molecule has 7 heteroatoms. The van der Waals surface area contributed by atoms with Gasteiger partial charge in [-0.3, -0.25) is 4.79 Å². The summed E-state index contributed by atoms with van der Waals surface area (Å²) in [7, 11) is -3.81. The number of hydrogen-bond donors (Lipinski definition) is 3. The molecule has 0 bridgehead atoms. The van der Waals surface area contributed by atoms with E-state index in [2.05, 4.69) is 5.32 Å². The van der Waals surface area contributed by atoms with Crippen LogP contribution < -0.4 is 16.2 Å². The number of benzene rings is 1. The molecule has 0 atom stereocenters. The van der Waals surface area contributed by atoms with Gasteiger partial charge in [-0.05, 0) is 56.4 Å². The van der Waals surface area contributed by atoms with Gasteiger partial charge < -0.3 is 11.1 Å². The predicted molar refractivity (Wildman–Crippen MR) is 76.7 cm³/mol. The molecule has 1 aromatic rings. The van der Waals surface area contributed by atoms with E-state index in [4.69, 9.17) is 10.9 Å². The Bertz CT molecular complexity index is 664. The molecule has 1 aromatic carbocycles. The standard InChI is InChI=1S/C13H19N3O3S/c1-8-6-10(20(15,18)19)7-11(9(8)2)16-12(17)13(14)4-3-5-13/h6-7H,3-5,14H2,1-2H3,(H,16,17)(H2,15,18,19). The summed E-state index contributed by atoms with van der Waals surface area (Å²) in [5.74, 6) is -0.280. The van der Waals surface area contributed by atoms with Gasteiger partial charge in [0.05, 0.1) is 10.4 Å². The first-order valence-corrected chi connectivity index (χ1v) is 7.92. The second-order valence-electron chi connectivity index (χ2n) is 5.42. The molecule has 5 N–H and O–H groups in total. The van der Waals surface area contributed by atoms with Crippen molar-refractivity contribution in [3.8, 4) is 0 Å². The average Bonchev–Trinajstić information content (AvgIpc) is 2.30. The molecule has 1 fully saturated rings. The van der Waals surface area contributed by atoms with Crippen LogP contribution in [0, 0.1) is 13.8 Å². The van der Waals surface area contributed by atoms with Gasteiger partial charge in [-0.2, -0.15) is 0 Å². The van der Waals surface area contributed by atoms with Crippen molar-refractivity contribution < 1.29 is 13.2 Å². The number of amides is 1. The number of carbonyl (C=O) groups excluding carboxylic acids is 1. The summed E-state index contributed by atoms with van der Waals surface area (Å²) in [5, 5.41) is 7.86. The Kier molecular flexibility index (Phi) is 3.62. The van der Waals surface area contributed by atoms with E-state index in [0.717, 1.165) is 17.5 Å². The number of primary sulfonamides is 1. The Morgan fingerprint density at radius 3 is 2.35 bits per heavy atom. The van der Waals surface area contributed by atoms with Crippen molar-refractivity contribution in [3.63, 3.8) is 0 Å². The second kappa shape index (κ2) is 4.83. The Hall–Kier alpha value is -1.44. The zero-order valence-corrected chi connectivity index (χ0v) is 12.4. The minimum atomic E-state index is -3.81. The number of nitrogens with one attached hydrogen (secondary N) is 1. The Morgan fingerprint density at radius 2 is 1.90 bits per heavy atom. The van der Waals surface area contributed by atoms with Crippen molar-refractivity contribution in [2.45, 2.75) is 43.5 Å². The van der Waals surface area contributed by atoms with E-state index < -0.39 is 15.6 Å². The third-order valence-electron chi connectivity index (χ3n) is 3.92. The SMILES string of the molecule is Cc1cc(S(N)(=O)=O)cc(NC(=O)C2(N)CCC2)c1C. The molecule has 2 rings (SSSR count). The van der Waals surface area contributed by atoms with Crippen LogP contribution in [0.25, 0.3) is 0 Å². The molecule has 1 amide bonds. The first kappa shape index (κ1) is 15.0. The Balaban J connectivity index is 2.36. The smallest absolute Gasteiger partial charge is 0.244 e. The van der Waals surface area contributed by atoms with E-state index in [1.165, 1.54) is 12.1 Å². The normalized spacial score (nSPS) is 17.4. The van der Waals surface area contributed by atoms with E-state index in [1.807, 2.05) is 6.92 Å². The molecule has 0 aliphatic heterocycles. The highest BCUT2D eigenvalue weighted by Gasteiger charge is 2.40. The molecule has 0 heterocycles. The highest BCUT2D eigenvalue weighted by Crippen LogP contribution is 2.31. The Morgan fingerprint density at radius 1 is 1.30 bits per heavy atom. The number of carbonyl (C=O) groups is 1. The highest BCUT2D eigenvalue weighted by atomic mass is 32.2. The molecule has 1 aliphatic carbocycles. The van der Waals surface area contributed by atoms with Gasteiger partial charge in [0.15, 0.2) is 0 Å². The number of aryl methyl sites for hydroxylation is 1. The fraction of sp³-hybridized carbons (Fsp3) is 0.462. The monoisotopic (exact) mass is 297 g/mol. The van der Waals surface area contributed by atoms with E-state index in [1.54, 1.807) is 6.92 Å². The average molecular weight is 297 g/mol. The van der Waals surface area contributed by atoms with Crippen molar-refractivity contribution in [1.29, 1.82) is 0 Å². The molecule has 6 nitrogen and oxygen atoms in total. The van der Waals surface area contributed by atoms with Gasteiger partial charge in [-0.15, -0.1) is 0 Å². The number of rotatable bonds is 3. The summed E-state index contributed by atoms with van der Waals surface area (Å²) in [6, 6.07) is 2.86. The summed E-state index contributed by atoms with van der Waals surface area (Å²) in [4.78, 5) is 12.1. The van der Waals surface area contributed by atoms with Gasteiger partial charge in [-0.25, -0.2) is 13.6 Å². The molecule has 0 saturated heterocycles. The van der Waals surface area contributed by atoms with Crippen molar-refractivity contribution in [2.75, 3.05) is 5.32 Å². The van der Waals surface area contributed by atoms with Crippen molar-refractivity contribution in [1.82, 2.24) is 0 Å². The van der Waals surface area contributed by atoms with Crippen LogP contribution in [0.1, 0.15) is 30.4 Å². The van der Waals surface area contributed by atoms with Crippen LogP contribution in [0.4, 0.5) is 5.69 Å². The number of nitrogens with two attached hydrogens (primary N) is 2. The summed E-state index contributed by atoms with van der Waals surface area (Å²) in [5.41, 5.74) is 7.10. The van der Waals surface area contributed by atoms with Crippen molar-refractivity contribution in [2.24, 2.45) is 10.9 Å². The Labute approximate surface area is 118 Å². The maximum atomic E-state index is 12.1. The summed E-state index contributed by atoms with van der Waals surface area (Å²) >= 11 is 0. The minimum absolute atomic E-state index is 0.0180. The molecule has 0 unspecified atom stereocenters. The fourth-order valence-electron chi connectivity index (χ4n) is 2.15. The van der Waals surface area contributed by atoms with Crippen LogP contribution in [-0.2, 0) is 14.8 Å². The first-order valence-electron chi connectivity index (χ1n) is 6.38. The zero-order valence-electron chi connectivity index (χ0n) is 11.6. The van der Waals surface area contributed by atoms with Crippen molar-refractivity contribution >= 4 is 21.6 Å². The lowest BCUT2D eigenvalue weighted by Crippen LogP contribution is -2.56. The fourth-order valence-corrected chi connectivity index (χ4v) is 2.78. The number of sulfonamides is 1. The molecule has 110 valence electrons. The lowest BCUT2D eigenvalue weighted by Gasteiger charge is -2.36. The number of anilines is 1. The van der Waals surface area contributed by atoms with Crippen LogP contribution in [0.3, 0.4) is 0 Å². The lowest BCUT2D eigenvalue weighted by molar-refractivity contribution is -0.123. The van der Waals surface area contributed by atoms with Crippen LogP contribution in [0.5, 0.6) is 0 Å². The molecular formula is C13H19N3O3S. The van der Waals surface area contributed by atoms with Gasteiger partial charge in [0, 0.05) is 5.69 Å². The first-order chi connectivity index (χ1) is 9.13. The van der Waals surface area contributed by atoms with Gasteiger partial charge in [0.25, 0.3) is 0 Å². The lowest BCUT2D eigenvalue weighted by atomic mass is 9.77. The van der Waals surface area contributed by atoms with Gasteiger partial charge in [0.2, 0.25) is 15.9 Å². The minimum Gasteiger partial charge on any atom is -0.324 e. The van der Waals surface area contributed by atoms with E-state index in [9.17, 15) is 13.2 Å². The highest BCUT2D eigenvalue weighted by molar-refractivity contribution is 7.89. The van der Waals surface area contributed by atoms with E-state index in [0.29, 0.717) is 18.5 Å². The molecule has 0 spiro atoms. The maximum Gasteiger partial charge on any atom is 0.244 e. The van der Waals surface area contributed by atoms with Crippen LogP contribution in [-0.4, -0.2) is 19.9 Å². The predicted octanol–water partition coefficient (Wildman–Crippen LogP) is 0.771. The quantitative estimate of drug-likeness (QED) is 0.764. The van der Waals surface area contributed by atoms with Gasteiger partial charge >= 0.3 is 0 Å². The topological polar surface area (TPSA) is 115 Å². The molecule has 20 heavy (non-hydrogen) atoms. The number of hydrogen-bond acceptors (Lipinski definition) is 4. The summed E-state index contributed by atoms with van der Waals surface area (Å²) in [6.07, 6.45) is 2.22. The summed E-state index contributed by atoms with van der Waals surface area (Å²) < 4.78 is 22.9. The second-order valence-corrected chi connectivity index (χ2v) is 6.98. The summed E-state index contributed by atoms with van der Waals surface area (Å²) in [6.45, 7) is 3.57. The molecule has 1 aliphatic rings. The molecule has 0 aromatic heterocycles. The molecule has 0 radical (unpaired) electrons. The third kappa shape index (κ3) is 2.70. The van der Waals surface area contributed by atoms with Crippen LogP contribution in [0.2, 0.25) is 0 Å². The largest absolute Gasteiger partial charge is 0.324 e. The van der Waals surface area contributed by atoms with E-state index in [-0.39, 0.29) is 10.8 Å². The van der Waals surface area contributed by atoms with Crippen molar-refractivity contribution in [3.05, 3.63) is 23.3 Å². The maximum absolute atomic E-state index is 12.1. The van der Waals surface area contributed by atoms with Crippen LogP contribution in [0.15, 0.2) is 17.0 Å². The zero-order chi connectivity index (χ0) is 15.1. The van der Waals surface area contributed by atoms with Gasteiger partial charge in [-0.1, -0.05) is 0 Å². The third-order valence-corrected chi connectivity index (χ3v) is 4.81.